The van der Waals surface area contributed by atoms with Gasteiger partial charge < -0.3 is 15.1 Å². The molecule has 3 heterocycles. The first-order valence-electron chi connectivity index (χ1n) is 11.4. The maximum absolute atomic E-state index is 13.8. The first-order valence-corrected chi connectivity index (χ1v) is 11.4. The van der Waals surface area contributed by atoms with E-state index in [0.717, 1.165) is 26.2 Å². The number of fused-ring (bicyclic) bond motifs is 1. The molecule has 0 unspecified atom stereocenters. The highest BCUT2D eigenvalue weighted by molar-refractivity contribution is 5.92. The monoisotopic (exact) mass is 475 g/mol. The zero-order valence-electron chi connectivity index (χ0n) is 19.2. The average Bonchev–Trinajstić information content (AvgIpc) is 2.82. The van der Waals surface area contributed by atoms with Crippen molar-refractivity contribution in [3.05, 3.63) is 30.1 Å². The molecule has 11 heteroatoms. The van der Waals surface area contributed by atoms with Gasteiger partial charge in [-0.15, -0.1) is 0 Å². The maximum Gasteiger partial charge on any atom is 0.393 e. The fourth-order valence-corrected chi connectivity index (χ4v) is 4.72. The third-order valence-corrected chi connectivity index (χ3v) is 6.79. The Hall–Kier alpha value is -2.97. The van der Waals surface area contributed by atoms with Crippen molar-refractivity contribution in [2.75, 3.05) is 51.2 Å². The molecule has 1 amide bonds. The number of nitriles is 1. The molecule has 0 spiro atoms. The second kappa shape index (κ2) is 9.72. The van der Waals surface area contributed by atoms with E-state index in [1.54, 1.807) is 24.0 Å². The van der Waals surface area contributed by atoms with Crippen LogP contribution in [-0.4, -0.2) is 90.3 Å². The van der Waals surface area contributed by atoms with Crippen molar-refractivity contribution < 1.29 is 18.0 Å². The van der Waals surface area contributed by atoms with Crippen LogP contribution in [0.15, 0.2) is 24.5 Å². The molecule has 34 heavy (non-hydrogen) atoms. The van der Waals surface area contributed by atoms with Crippen LogP contribution in [0.4, 0.5) is 18.9 Å². The van der Waals surface area contributed by atoms with Crippen LogP contribution in [-0.2, 0) is 4.79 Å². The summed E-state index contributed by atoms with van der Waals surface area (Å²) in [5.74, 6) is -1.87. The molecule has 1 N–H and O–H groups in total. The number of piperidine rings is 1. The van der Waals surface area contributed by atoms with Gasteiger partial charge in [0.1, 0.15) is 17.1 Å². The van der Waals surface area contributed by atoms with Crippen LogP contribution in [0, 0.1) is 17.2 Å². The minimum absolute atomic E-state index is 0.179. The predicted molar refractivity (Wildman–Crippen MR) is 121 cm³/mol. The van der Waals surface area contributed by atoms with Crippen LogP contribution >= 0.6 is 0 Å². The molecule has 0 bridgehead atoms. The lowest BCUT2D eigenvalue weighted by Gasteiger charge is -2.41. The summed E-state index contributed by atoms with van der Waals surface area (Å²) in [6.45, 7) is 4.93. The lowest BCUT2D eigenvalue weighted by atomic mass is 9.92. The van der Waals surface area contributed by atoms with Crippen molar-refractivity contribution in [1.29, 1.82) is 5.26 Å². The number of nitrogens with zero attached hydrogens (tertiary/aromatic N) is 6. The number of alkyl halides is 3. The summed E-state index contributed by atoms with van der Waals surface area (Å²) in [7, 11) is 2.02. The summed E-state index contributed by atoms with van der Waals surface area (Å²) in [5, 5.41) is 12.2. The van der Waals surface area contributed by atoms with E-state index in [9.17, 15) is 23.2 Å². The Kier molecular flexibility index (Phi) is 6.91. The van der Waals surface area contributed by atoms with Gasteiger partial charge in [-0.05, 0) is 32.5 Å². The highest BCUT2D eigenvalue weighted by atomic mass is 19.4. The number of nitrogens with one attached hydrogen (secondary N) is 1. The summed E-state index contributed by atoms with van der Waals surface area (Å²) < 4.78 is 41.5. The van der Waals surface area contributed by atoms with Gasteiger partial charge in [0, 0.05) is 57.7 Å². The Morgan fingerprint density at radius 2 is 1.82 bits per heavy atom. The van der Waals surface area contributed by atoms with E-state index >= 15 is 0 Å². The Labute approximate surface area is 196 Å². The van der Waals surface area contributed by atoms with Gasteiger partial charge in [-0.3, -0.25) is 19.7 Å². The largest absolute Gasteiger partial charge is 0.393 e. The number of benzene rings is 1. The molecule has 0 radical (unpaired) electrons. The fourth-order valence-electron chi connectivity index (χ4n) is 4.72. The third kappa shape index (κ3) is 5.08. The molecule has 2 aliphatic rings. The second-order valence-corrected chi connectivity index (χ2v) is 9.10. The number of hydrogen-bond acceptors (Lipinski definition) is 7. The minimum Gasteiger partial charge on any atom is -0.367 e. The molecule has 1 aromatic carbocycles. The van der Waals surface area contributed by atoms with E-state index < -0.39 is 24.2 Å². The summed E-state index contributed by atoms with van der Waals surface area (Å²) in [4.78, 5) is 27.3. The van der Waals surface area contributed by atoms with Crippen LogP contribution in [0.1, 0.15) is 18.9 Å². The number of hydrogen-bond donors (Lipinski definition) is 1. The highest BCUT2D eigenvalue weighted by Crippen LogP contribution is 2.37. The van der Waals surface area contributed by atoms with E-state index in [-0.39, 0.29) is 25.4 Å². The van der Waals surface area contributed by atoms with Gasteiger partial charge in [-0.25, -0.2) is 0 Å². The number of likely N-dealkylation sites (N-methyl/N-ethyl adjacent to an activating group) is 1. The van der Waals surface area contributed by atoms with E-state index in [0.29, 0.717) is 22.3 Å². The lowest BCUT2D eigenvalue weighted by Crippen LogP contribution is -2.58. The summed E-state index contributed by atoms with van der Waals surface area (Å²) >= 11 is 0. The number of carbonyl (C=O) groups excluding carboxylic acids is 1. The summed E-state index contributed by atoms with van der Waals surface area (Å²) in [6, 6.07) is 4.11. The van der Waals surface area contributed by atoms with Gasteiger partial charge in [0.05, 0.1) is 23.2 Å². The molecule has 0 aliphatic carbocycles. The molecule has 2 aromatic rings. The van der Waals surface area contributed by atoms with Gasteiger partial charge in [-0.1, -0.05) is 0 Å². The van der Waals surface area contributed by atoms with Crippen molar-refractivity contribution in [2.24, 2.45) is 5.92 Å². The molecule has 8 nitrogen and oxygen atoms in total. The molecule has 2 fully saturated rings. The Morgan fingerprint density at radius 3 is 2.47 bits per heavy atom. The van der Waals surface area contributed by atoms with E-state index in [4.69, 9.17) is 0 Å². The van der Waals surface area contributed by atoms with Crippen LogP contribution < -0.4 is 10.2 Å². The number of aromatic nitrogens is 2. The minimum atomic E-state index is -4.40. The molecule has 2 saturated heterocycles. The Balaban J connectivity index is 1.56. The van der Waals surface area contributed by atoms with Crippen LogP contribution in [0.3, 0.4) is 0 Å². The molecule has 3 atom stereocenters. The fraction of sp³-hybridized carbons (Fsp3) is 0.565. The van der Waals surface area contributed by atoms with Crippen molar-refractivity contribution >= 4 is 22.6 Å². The van der Waals surface area contributed by atoms with E-state index in [2.05, 4.69) is 25.1 Å². The smallest absolute Gasteiger partial charge is 0.367 e. The van der Waals surface area contributed by atoms with Gasteiger partial charge in [-0.2, -0.15) is 18.4 Å². The predicted octanol–water partition coefficient (Wildman–Crippen LogP) is 2.01. The molecule has 182 valence electrons. The number of piperazine rings is 1. The first-order chi connectivity index (χ1) is 16.2. The molecular formula is C23H28F3N7O. The number of carbonyl (C=O) groups is 1. The molecule has 0 saturated carbocycles. The molecule has 2 aliphatic heterocycles. The Bertz CT molecular complexity index is 1080. The number of amides is 1. The zero-order chi connectivity index (χ0) is 24.5. The van der Waals surface area contributed by atoms with Crippen molar-refractivity contribution in [3.63, 3.8) is 0 Å². The van der Waals surface area contributed by atoms with Gasteiger partial charge in [0.25, 0.3) is 0 Å². The quantitative estimate of drug-likeness (QED) is 0.724. The highest BCUT2D eigenvalue weighted by Gasteiger charge is 2.45. The summed E-state index contributed by atoms with van der Waals surface area (Å²) in [5.41, 5.74) is 1.51. The van der Waals surface area contributed by atoms with Crippen LogP contribution in [0.5, 0.6) is 0 Å². The standard InChI is InChI=1S/C23H28F3N7O/c1-15(32-9-7-31(2)8-10-32)22(34)30-18-11-17(23(24,25)26)13-33(14-18)19-4-3-16(12-27)20-21(19)29-6-5-28-20/h3-6,15,17-18H,7-11,13-14H2,1-2H3,(H,30,34)/t15-,17-,18+/m0/s1. The molecule has 4 rings (SSSR count). The van der Waals surface area contributed by atoms with Gasteiger partial charge in [0.15, 0.2) is 0 Å². The average molecular weight is 476 g/mol. The van der Waals surface area contributed by atoms with E-state index in [1.165, 1.54) is 12.4 Å². The van der Waals surface area contributed by atoms with Crippen molar-refractivity contribution in [3.8, 4) is 6.07 Å². The normalized spacial score (nSPS) is 23.5. The molecule has 1 aromatic heterocycles. The number of rotatable bonds is 4. The van der Waals surface area contributed by atoms with Crippen LogP contribution in [0.25, 0.3) is 11.0 Å². The zero-order valence-corrected chi connectivity index (χ0v) is 19.2. The van der Waals surface area contributed by atoms with Crippen LogP contribution in [0.2, 0.25) is 0 Å². The Morgan fingerprint density at radius 1 is 1.15 bits per heavy atom. The number of halogens is 3. The molecular weight excluding hydrogens is 447 g/mol. The topological polar surface area (TPSA) is 88.4 Å². The maximum atomic E-state index is 13.8. The third-order valence-electron chi connectivity index (χ3n) is 6.79. The number of anilines is 1. The second-order valence-electron chi connectivity index (χ2n) is 9.10. The van der Waals surface area contributed by atoms with Gasteiger partial charge in [0.2, 0.25) is 5.91 Å². The van der Waals surface area contributed by atoms with Crippen molar-refractivity contribution in [1.82, 2.24) is 25.1 Å². The summed E-state index contributed by atoms with van der Waals surface area (Å²) in [6.07, 6.45) is -1.68. The van der Waals surface area contributed by atoms with E-state index in [1.807, 2.05) is 13.1 Å². The van der Waals surface area contributed by atoms with Crippen molar-refractivity contribution in [2.45, 2.75) is 31.6 Å². The first kappa shape index (κ1) is 24.2. The lowest BCUT2D eigenvalue weighted by molar-refractivity contribution is -0.178. The van der Waals surface area contributed by atoms with Gasteiger partial charge >= 0.3 is 6.18 Å². The SMILES string of the molecule is C[C@@H](C(=O)N[C@@H]1C[C@H](C(F)(F)F)CN(c2ccc(C#N)c3nccnc23)C1)N1CCN(C)CC1.